The van der Waals surface area contributed by atoms with E-state index in [1.165, 1.54) is 19.2 Å². The minimum Gasteiger partial charge on any atom is -0.504 e. The smallest absolute Gasteiger partial charge is 0.193 e. The first-order chi connectivity index (χ1) is 11.6. The van der Waals surface area contributed by atoms with Gasteiger partial charge in [-0.3, -0.25) is 4.79 Å². The van der Waals surface area contributed by atoms with E-state index in [-0.39, 0.29) is 11.2 Å². The van der Waals surface area contributed by atoms with Crippen molar-refractivity contribution in [2.24, 2.45) is 0 Å². The summed E-state index contributed by atoms with van der Waals surface area (Å²) in [6.07, 6.45) is 1.64. The van der Waals surface area contributed by atoms with Gasteiger partial charge >= 0.3 is 0 Å². The number of aromatic hydroxyl groups is 1. The Bertz CT molecular complexity index is 1130. The van der Waals surface area contributed by atoms with E-state index in [1.807, 2.05) is 6.92 Å². The van der Waals surface area contributed by atoms with Gasteiger partial charge in [-0.1, -0.05) is 0 Å². The zero-order valence-electron chi connectivity index (χ0n) is 13.1. The van der Waals surface area contributed by atoms with E-state index < -0.39 is 0 Å². The van der Waals surface area contributed by atoms with Crippen LogP contribution in [-0.2, 0) is 0 Å². The Morgan fingerprint density at radius 3 is 2.75 bits per heavy atom. The number of fused-ring (bicyclic) bond motifs is 3. The molecule has 0 aliphatic rings. The van der Waals surface area contributed by atoms with Gasteiger partial charge in [0.1, 0.15) is 16.9 Å². The molecule has 5 nitrogen and oxygen atoms in total. The van der Waals surface area contributed by atoms with E-state index >= 15 is 0 Å². The number of methoxy groups -OCH3 is 1. The predicted molar refractivity (Wildman–Crippen MR) is 90.6 cm³/mol. The Morgan fingerprint density at radius 1 is 1.12 bits per heavy atom. The van der Waals surface area contributed by atoms with Crippen LogP contribution < -0.4 is 10.2 Å². The molecule has 24 heavy (non-hydrogen) atoms. The van der Waals surface area contributed by atoms with Crippen LogP contribution in [0.25, 0.3) is 33.3 Å². The predicted octanol–water partition coefficient (Wildman–Crippen LogP) is 4.23. The third kappa shape index (κ3) is 2.06. The quantitative estimate of drug-likeness (QED) is 0.598. The van der Waals surface area contributed by atoms with E-state index in [4.69, 9.17) is 13.6 Å². The number of rotatable bonds is 2. The summed E-state index contributed by atoms with van der Waals surface area (Å²) < 4.78 is 16.6. The van der Waals surface area contributed by atoms with Crippen LogP contribution in [0, 0.1) is 6.92 Å². The fourth-order valence-electron chi connectivity index (χ4n) is 2.86. The molecule has 0 unspecified atom stereocenters. The van der Waals surface area contributed by atoms with Crippen LogP contribution >= 0.6 is 0 Å². The van der Waals surface area contributed by atoms with Crippen molar-refractivity contribution in [2.45, 2.75) is 6.92 Å². The Labute approximate surface area is 136 Å². The Morgan fingerprint density at radius 2 is 1.96 bits per heavy atom. The van der Waals surface area contributed by atoms with Crippen LogP contribution in [0.3, 0.4) is 0 Å². The van der Waals surface area contributed by atoms with E-state index in [1.54, 1.807) is 30.5 Å². The molecule has 1 N–H and O–H groups in total. The molecule has 0 amide bonds. The van der Waals surface area contributed by atoms with E-state index in [0.717, 1.165) is 10.9 Å². The van der Waals surface area contributed by atoms with Crippen LogP contribution in [-0.4, -0.2) is 12.2 Å². The fraction of sp³-hybridized carbons (Fsp3) is 0.105. The Hall–Kier alpha value is -3.21. The van der Waals surface area contributed by atoms with Crippen molar-refractivity contribution in [3.63, 3.8) is 0 Å². The molecule has 0 aliphatic heterocycles. The van der Waals surface area contributed by atoms with Crippen molar-refractivity contribution >= 4 is 21.9 Å². The second-order valence-electron chi connectivity index (χ2n) is 5.60. The second kappa shape index (κ2) is 5.16. The number of furan rings is 1. The van der Waals surface area contributed by atoms with Crippen LogP contribution in [0.1, 0.15) is 5.56 Å². The lowest BCUT2D eigenvalue weighted by atomic mass is 10.1. The number of phenols is 1. The molecule has 4 aromatic rings. The molecule has 0 saturated carbocycles. The number of phenolic OH excluding ortho intramolecular Hbond substituents is 1. The molecular formula is C19H14O5. The first-order valence-corrected chi connectivity index (χ1v) is 7.40. The Balaban J connectivity index is 2.05. The highest BCUT2D eigenvalue weighted by Crippen LogP contribution is 2.34. The minimum atomic E-state index is -0.138. The number of ether oxygens (including phenoxy) is 1. The van der Waals surface area contributed by atoms with Crippen molar-refractivity contribution < 1.29 is 18.7 Å². The molecule has 4 rings (SSSR count). The maximum absolute atomic E-state index is 12.5. The molecule has 2 aromatic heterocycles. The van der Waals surface area contributed by atoms with Crippen LogP contribution in [0.2, 0.25) is 0 Å². The first kappa shape index (κ1) is 14.4. The monoisotopic (exact) mass is 322 g/mol. The summed E-state index contributed by atoms with van der Waals surface area (Å²) in [4.78, 5) is 12.5. The molecular weight excluding hydrogens is 308 g/mol. The third-order valence-electron chi connectivity index (χ3n) is 4.08. The van der Waals surface area contributed by atoms with Gasteiger partial charge in [-0.05, 0) is 42.8 Å². The van der Waals surface area contributed by atoms with Gasteiger partial charge in [-0.25, -0.2) is 0 Å². The topological polar surface area (TPSA) is 72.8 Å². The molecule has 2 heterocycles. The SMILES string of the molecule is COc1cc(-c2cc(=O)c3ccc4occ(C)c4c3o2)ccc1O. The summed E-state index contributed by atoms with van der Waals surface area (Å²) in [6, 6.07) is 9.71. The van der Waals surface area contributed by atoms with Crippen LogP contribution in [0.5, 0.6) is 11.5 Å². The largest absolute Gasteiger partial charge is 0.504 e. The van der Waals surface area contributed by atoms with Gasteiger partial charge in [0.25, 0.3) is 0 Å². The number of hydrogen-bond donors (Lipinski definition) is 1. The highest BCUT2D eigenvalue weighted by Gasteiger charge is 2.14. The normalized spacial score (nSPS) is 11.2. The summed E-state index contributed by atoms with van der Waals surface area (Å²) in [5, 5.41) is 11.0. The molecule has 0 bridgehead atoms. The van der Waals surface area contributed by atoms with Gasteiger partial charge in [0.15, 0.2) is 16.9 Å². The molecule has 0 spiro atoms. The maximum Gasteiger partial charge on any atom is 0.193 e. The lowest BCUT2D eigenvalue weighted by Gasteiger charge is -2.07. The number of hydrogen-bond acceptors (Lipinski definition) is 5. The summed E-state index contributed by atoms with van der Waals surface area (Å²) in [7, 11) is 1.47. The summed E-state index contributed by atoms with van der Waals surface area (Å²) in [6.45, 7) is 1.90. The van der Waals surface area contributed by atoms with Gasteiger partial charge in [-0.2, -0.15) is 0 Å². The van der Waals surface area contributed by atoms with Gasteiger partial charge in [0.05, 0.1) is 24.1 Å². The second-order valence-corrected chi connectivity index (χ2v) is 5.60. The minimum absolute atomic E-state index is 0.0254. The van der Waals surface area contributed by atoms with Crippen molar-refractivity contribution in [3.8, 4) is 22.8 Å². The Kier molecular flexibility index (Phi) is 3.09. The number of benzene rings is 2. The van der Waals surface area contributed by atoms with Crippen LogP contribution in [0.4, 0.5) is 0 Å². The van der Waals surface area contributed by atoms with E-state index in [0.29, 0.717) is 33.6 Å². The van der Waals surface area contributed by atoms with Crippen LogP contribution in [0.15, 0.2) is 56.3 Å². The molecule has 2 aromatic carbocycles. The lowest BCUT2D eigenvalue weighted by Crippen LogP contribution is -2.00. The molecule has 5 heteroatoms. The maximum atomic E-state index is 12.5. The summed E-state index contributed by atoms with van der Waals surface area (Å²) >= 11 is 0. The van der Waals surface area contributed by atoms with Crippen molar-refractivity contribution in [1.82, 2.24) is 0 Å². The van der Waals surface area contributed by atoms with Crippen molar-refractivity contribution in [1.29, 1.82) is 0 Å². The van der Waals surface area contributed by atoms with E-state index in [2.05, 4.69) is 0 Å². The highest BCUT2D eigenvalue weighted by molar-refractivity contribution is 6.04. The average Bonchev–Trinajstić information content (AvgIpc) is 2.97. The van der Waals surface area contributed by atoms with Gasteiger partial charge in [-0.15, -0.1) is 0 Å². The molecule has 0 atom stereocenters. The summed E-state index contributed by atoms with van der Waals surface area (Å²) in [5.41, 5.74) is 2.57. The molecule has 0 aliphatic carbocycles. The van der Waals surface area contributed by atoms with Gasteiger partial charge in [0.2, 0.25) is 0 Å². The number of aryl methyl sites for hydroxylation is 1. The van der Waals surface area contributed by atoms with E-state index in [9.17, 15) is 9.90 Å². The van der Waals surface area contributed by atoms with Crippen molar-refractivity contribution in [2.75, 3.05) is 7.11 Å². The molecule has 0 fully saturated rings. The molecule has 0 radical (unpaired) electrons. The third-order valence-corrected chi connectivity index (χ3v) is 4.08. The highest BCUT2D eigenvalue weighted by atomic mass is 16.5. The standard InChI is InChI=1S/C19H14O5/c1-10-9-23-15-6-4-12-14(21)8-16(24-19(12)18(10)15)11-3-5-13(20)17(7-11)22-2/h3-9,20H,1-2H3. The zero-order chi connectivity index (χ0) is 16.8. The summed E-state index contributed by atoms with van der Waals surface area (Å²) in [5.74, 6) is 0.740. The molecule has 0 saturated heterocycles. The lowest BCUT2D eigenvalue weighted by molar-refractivity contribution is 0.373. The zero-order valence-corrected chi connectivity index (χ0v) is 13.1. The first-order valence-electron chi connectivity index (χ1n) is 7.40. The van der Waals surface area contributed by atoms with Crippen molar-refractivity contribution in [3.05, 3.63) is 58.4 Å². The van der Waals surface area contributed by atoms with Gasteiger partial charge in [0, 0.05) is 11.6 Å². The fourth-order valence-corrected chi connectivity index (χ4v) is 2.86. The average molecular weight is 322 g/mol. The van der Waals surface area contributed by atoms with Gasteiger partial charge < -0.3 is 18.7 Å². The molecule has 120 valence electrons.